The number of pyridine rings is 1. The molecule has 0 bridgehead atoms. The first-order chi connectivity index (χ1) is 7.80. The van der Waals surface area contributed by atoms with Crippen LogP contribution in [0.4, 0.5) is 13.2 Å². The van der Waals surface area contributed by atoms with E-state index in [-0.39, 0.29) is 5.69 Å². The molecule has 0 saturated heterocycles. The lowest BCUT2D eigenvalue weighted by atomic mass is 10.3. The highest BCUT2D eigenvalue weighted by atomic mass is 35.5. The maximum atomic E-state index is 11.9. The molecule has 0 saturated carbocycles. The van der Waals surface area contributed by atoms with Gasteiger partial charge in [0.2, 0.25) is 0 Å². The first kappa shape index (κ1) is 13.7. The normalized spacial score (nSPS) is 13.2. The first-order valence-electron chi connectivity index (χ1n) is 4.45. The van der Waals surface area contributed by atoms with E-state index >= 15 is 0 Å². The van der Waals surface area contributed by atoms with Crippen molar-refractivity contribution >= 4 is 17.5 Å². The number of alkyl halides is 3. The summed E-state index contributed by atoms with van der Waals surface area (Å²) >= 11 is 5.52. The summed E-state index contributed by atoms with van der Waals surface area (Å²) in [6.07, 6.45) is -6.17. The minimum absolute atomic E-state index is 0.0798. The number of aromatic nitrogens is 1. The molecule has 2 N–H and O–H groups in total. The average molecular weight is 269 g/mol. The van der Waals surface area contributed by atoms with E-state index in [1.54, 1.807) is 0 Å². The molecular weight excluding hydrogens is 261 g/mol. The number of hydrogen-bond donors (Lipinski definition) is 2. The number of nitrogens with zero attached hydrogens (tertiary/aromatic N) is 1. The Balaban J connectivity index is 2.53. The molecule has 1 amide bonds. The van der Waals surface area contributed by atoms with E-state index in [9.17, 15) is 18.0 Å². The molecule has 0 aliphatic rings. The fourth-order valence-corrected chi connectivity index (χ4v) is 1.02. The molecule has 4 nitrogen and oxygen atoms in total. The van der Waals surface area contributed by atoms with Gasteiger partial charge in [-0.2, -0.15) is 13.2 Å². The van der Waals surface area contributed by atoms with Crippen LogP contribution in [-0.4, -0.2) is 34.8 Å². The third kappa shape index (κ3) is 4.20. The van der Waals surface area contributed by atoms with Gasteiger partial charge in [-0.05, 0) is 12.1 Å². The van der Waals surface area contributed by atoms with Crippen LogP contribution in [-0.2, 0) is 0 Å². The number of aliphatic hydroxyl groups is 1. The molecule has 94 valence electrons. The Morgan fingerprint density at radius 1 is 1.53 bits per heavy atom. The first-order valence-corrected chi connectivity index (χ1v) is 4.83. The topological polar surface area (TPSA) is 62.2 Å². The van der Waals surface area contributed by atoms with Gasteiger partial charge >= 0.3 is 6.18 Å². The van der Waals surface area contributed by atoms with Gasteiger partial charge < -0.3 is 10.4 Å². The van der Waals surface area contributed by atoms with E-state index in [1.165, 1.54) is 18.3 Å². The van der Waals surface area contributed by atoms with Crippen LogP contribution in [0.25, 0.3) is 0 Å². The maximum Gasteiger partial charge on any atom is 0.416 e. The number of nitrogens with one attached hydrogen (secondary N) is 1. The van der Waals surface area contributed by atoms with Crippen LogP contribution in [0.15, 0.2) is 18.3 Å². The minimum atomic E-state index is -4.76. The fraction of sp³-hybridized carbons (Fsp3) is 0.333. The van der Waals surface area contributed by atoms with Gasteiger partial charge in [0.25, 0.3) is 5.91 Å². The molecule has 1 heterocycles. The molecule has 1 atom stereocenters. The highest BCUT2D eigenvalue weighted by Gasteiger charge is 2.38. The van der Waals surface area contributed by atoms with E-state index in [0.29, 0.717) is 5.02 Å². The molecule has 0 radical (unpaired) electrons. The Labute approximate surface area is 99.4 Å². The van der Waals surface area contributed by atoms with Crippen LogP contribution >= 0.6 is 11.6 Å². The van der Waals surface area contributed by atoms with Gasteiger partial charge in [-0.1, -0.05) is 11.6 Å². The molecule has 17 heavy (non-hydrogen) atoms. The fourth-order valence-electron chi connectivity index (χ4n) is 0.906. The van der Waals surface area contributed by atoms with E-state index in [4.69, 9.17) is 16.7 Å². The van der Waals surface area contributed by atoms with E-state index < -0.39 is 24.7 Å². The van der Waals surface area contributed by atoms with Gasteiger partial charge in [0.1, 0.15) is 5.69 Å². The molecule has 1 aromatic rings. The van der Waals surface area contributed by atoms with Crippen molar-refractivity contribution in [2.24, 2.45) is 0 Å². The third-order valence-electron chi connectivity index (χ3n) is 1.79. The summed E-state index contributed by atoms with van der Waals surface area (Å²) in [4.78, 5) is 14.9. The van der Waals surface area contributed by atoms with Gasteiger partial charge in [0.05, 0.1) is 11.6 Å². The molecule has 0 fully saturated rings. The Hall–Kier alpha value is -1.34. The Bertz CT molecular complexity index is 394. The lowest BCUT2D eigenvalue weighted by molar-refractivity contribution is -0.201. The zero-order valence-electron chi connectivity index (χ0n) is 8.33. The SMILES string of the molecule is O=C(NCC(O)C(F)(F)F)c1ccc(Cl)cn1. The molecule has 8 heteroatoms. The molecule has 0 spiro atoms. The number of rotatable bonds is 3. The minimum Gasteiger partial charge on any atom is -0.382 e. The molecule has 0 aliphatic heterocycles. The van der Waals surface area contributed by atoms with Crippen molar-refractivity contribution in [3.63, 3.8) is 0 Å². The highest BCUT2D eigenvalue weighted by Crippen LogP contribution is 2.19. The number of carbonyl (C=O) groups is 1. The van der Waals surface area contributed by atoms with Gasteiger partial charge in [-0.15, -0.1) is 0 Å². The zero-order chi connectivity index (χ0) is 13.1. The third-order valence-corrected chi connectivity index (χ3v) is 2.02. The lowest BCUT2D eigenvalue weighted by Gasteiger charge is -2.14. The zero-order valence-corrected chi connectivity index (χ0v) is 9.09. The van der Waals surface area contributed by atoms with Gasteiger partial charge in [0, 0.05) is 6.20 Å². The molecule has 1 unspecified atom stereocenters. The van der Waals surface area contributed by atoms with Crippen LogP contribution in [0.1, 0.15) is 10.5 Å². The summed E-state index contributed by atoms with van der Waals surface area (Å²) in [7, 11) is 0. The van der Waals surface area contributed by atoms with Crippen molar-refractivity contribution in [1.82, 2.24) is 10.3 Å². The molecule has 0 aromatic carbocycles. The van der Waals surface area contributed by atoms with Gasteiger partial charge in [-0.3, -0.25) is 4.79 Å². The number of carbonyl (C=O) groups excluding carboxylic acids is 1. The molecule has 0 aliphatic carbocycles. The summed E-state index contributed by atoms with van der Waals surface area (Å²) in [5.41, 5.74) is -0.0798. The van der Waals surface area contributed by atoms with Crippen molar-refractivity contribution in [1.29, 1.82) is 0 Å². The quantitative estimate of drug-likeness (QED) is 0.871. The van der Waals surface area contributed by atoms with Crippen molar-refractivity contribution in [2.75, 3.05) is 6.54 Å². The van der Waals surface area contributed by atoms with E-state index in [1.807, 2.05) is 5.32 Å². The van der Waals surface area contributed by atoms with E-state index in [2.05, 4.69) is 4.98 Å². The smallest absolute Gasteiger partial charge is 0.382 e. The average Bonchev–Trinajstić information content (AvgIpc) is 2.25. The maximum absolute atomic E-state index is 11.9. The monoisotopic (exact) mass is 268 g/mol. The summed E-state index contributed by atoms with van der Waals surface area (Å²) in [5, 5.41) is 10.9. The molecule has 1 rings (SSSR count). The summed E-state index contributed by atoms with van der Waals surface area (Å²) < 4.78 is 35.8. The van der Waals surface area contributed by atoms with Gasteiger partial charge in [-0.25, -0.2) is 4.98 Å². The predicted molar refractivity (Wildman–Crippen MR) is 53.6 cm³/mol. The van der Waals surface area contributed by atoms with Crippen LogP contribution < -0.4 is 5.32 Å². The number of amides is 1. The van der Waals surface area contributed by atoms with Crippen molar-refractivity contribution in [3.8, 4) is 0 Å². The molecule has 1 aromatic heterocycles. The van der Waals surface area contributed by atoms with Crippen LogP contribution in [0, 0.1) is 0 Å². The number of aliphatic hydroxyl groups excluding tert-OH is 1. The number of hydrogen-bond acceptors (Lipinski definition) is 3. The standard InChI is InChI=1S/C9H8ClF3N2O2/c10-5-1-2-6(14-3-5)8(17)15-4-7(16)9(11,12)13/h1-3,7,16H,4H2,(H,15,17). The predicted octanol–water partition coefficient (Wildman–Crippen LogP) is 1.39. The Morgan fingerprint density at radius 2 is 2.18 bits per heavy atom. The van der Waals surface area contributed by atoms with Crippen LogP contribution in [0.5, 0.6) is 0 Å². The van der Waals surface area contributed by atoms with Crippen LogP contribution in [0.2, 0.25) is 5.02 Å². The second-order valence-electron chi connectivity index (χ2n) is 3.13. The summed E-state index contributed by atoms with van der Waals surface area (Å²) in [6, 6.07) is 2.64. The summed E-state index contributed by atoms with van der Waals surface area (Å²) in [5.74, 6) is -0.815. The summed E-state index contributed by atoms with van der Waals surface area (Å²) in [6.45, 7) is -0.924. The van der Waals surface area contributed by atoms with Crippen molar-refractivity contribution < 1.29 is 23.1 Å². The number of halogens is 4. The molecular formula is C9H8ClF3N2O2. The van der Waals surface area contributed by atoms with Crippen molar-refractivity contribution in [3.05, 3.63) is 29.0 Å². The highest BCUT2D eigenvalue weighted by molar-refractivity contribution is 6.30. The second-order valence-corrected chi connectivity index (χ2v) is 3.57. The van der Waals surface area contributed by atoms with Crippen LogP contribution in [0.3, 0.4) is 0 Å². The van der Waals surface area contributed by atoms with Gasteiger partial charge in [0.15, 0.2) is 6.10 Å². The Morgan fingerprint density at radius 3 is 2.65 bits per heavy atom. The largest absolute Gasteiger partial charge is 0.416 e. The lowest BCUT2D eigenvalue weighted by Crippen LogP contribution is -2.40. The Kier molecular flexibility index (Phi) is 4.30. The van der Waals surface area contributed by atoms with Crippen molar-refractivity contribution in [2.45, 2.75) is 12.3 Å². The second kappa shape index (κ2) is 5.33. The van der Waals surface area contributed by atoms with E-state index in [0.717, 1.165) is 0 Å².